The van der Waals surface area contributed by atoms with E-state index < -0.39 is 46.2 Å². The topological polar surface area (TPSA) is 20.2 Å². The third-order valence-electron chi connectivity index (χ3n) is 8.40. The van der Waals surface area contributed by atoms with Crippen LogP contribution in [0.5, 0.6) is 0 Å². The van der Waals surface area contributed by atoms with E-state index in [1.54, 1.807) is 48.5 Å². The maximum atomic E-state index is 13.7. The second-order valence-electron chi connectivity index (χ2n) is 10.8. The minimum absolute atomic E-state index is 0.0581. The van der Waals surface area contributed by atoms with Gasteiger partial charge in [0.05, 0.1) is 22.1 Å². The van der Waals surface area contributed by atoms with E-state index >= 15 is 0 Å². The zero-order valence-electron chi connectivity index (χ0n) is 22.9. The van der Waals surface area contributed by atoms with Crippen LogP contribution in [0.3, 0.4) is 0 Å². The van der Waals surface area contributed by atoms with E-state index in [-0.39, 0.29) is 22.3 Å². The van der Waals surface area contributed by atoms with Crippen molar-refractivity contribution in [3.8, 4) is 11.1 Å². The molecule has 0 spiro atoms. The molecule has 45 heavy (non-hydrogen) atoms. The fourth-order valence-electron chi connectivity index (χ4n) is 6.46. The molecule has 0 bridgehead atoms. The van der Waals surface area contributed by atoms with Gasteiger partial charge in [0.15, 0.2) is 0 Å². The molecule has 1 aliphatic carbocycles. The summed E-state index contributed by atoms with van der Waals surface area (Å²) in [6.45, 7) is 0. The largest absolute Gasteiger partial charge is 0.416 e. The van der Waals surface area contributed by atoms with Gasteiger partial charge in [0, 0.05) is 0 Å². The van der Waals surface area contributed by atoms with Crippen LogP contribution in [0.2, 0.25) is 0 Å². The lowest BCUT2D eigenvalue weighted by atomic mass is 9.51. The van der Waals surface area contributed by atoms with Crippen LogP contribution < -0.4 is 0 Å². The van der Waals surface area contributed by atoms with Gasteiger partial charge >= 0.3 is 18.5 Å². The fourth-order valence-corrected chi connectivity index (χ4v) is 6.46. The summed E-state index contributed by atoms with van der Waals surface area (Å²) in [5, 5.41) is 13.3. The first-order chi connectivity index (χ1) is 21.1. The molecule has 1 nitrogen and oxygen atoms in total. The molecule has 6 rings (SSSR count). The highest BCUT2D eigenvalue weighted by molar-refractivity contribution is 5.82. The third-order valence-corrected chi connectivity index (χ3v) is 8.40. The molecule has 1 N–H and O–H groups in total. The van der Waals surface area contributed by atoms with E-state index in [2.05, 4.69) is 0 Å². The van der Waals surface area contributed by atoms with Gasteiger partial charge in [-0.25, -0.2) is 0 Å². The molecule has 0 radical (unpaired) electrons. The van der Waals surface area contributed by atoms with Crippen LogP contribution >= 0.6 is 0 Å². The molecule has 1 aliphatic rings. The number of hydrogen-bond donors (Lipinski definition) is 1. The number of fused-ring (bicyclic) bond motifs is 3. The smallest absolute Gasteiger partial charge is 0.379 e. The molecule has 0 heterocycles. The average molecular weight is 629 g/mol. The van der Waals surface area contributed by atoms with E-state index in [0.717, 1.165) is 72.8 Å². The molecule has 230 valence electrons. The SMILES string of the molecule is OC1(c2ccc(C(F)(F)F)cc2)c2ccccc2-c2ccccc2C1(c1ccc(C(F)(F)F)cc1)c1ccc(C(F)(F)F)cc1. The maximum absolute atomic E-state index is 13.7. The highest BCUT2D eigenvalue weighted by Crippen LogP contribution is 2.62. The highest BCUT2D eigenvalue weighted by Gasteiger charge is 2.60. The highest BCUT2D eigenvalue weighted by atomic mass is 19.4. The van der Waals surface area contributed by atoms with Gasteiger partial charge in [-0.05, 0) is 75.3 Å². The van der Waals surface area contributed by atoms with Crippen molar-refractivity contribution in [3.63, 3.8) is 0 Å². The number of rotatable bonds is 3. The molecule has 0 saturated carbocycles. The molecule has 0 amide bonds. The third kappa shape index (κ3) is 4.70. The Morgan fingerprint density at radius 3 is 1.07 bits per heavy atom. The normalized spacial score (nSPS) is 17.8. The van der Waals surface area contributed by atoms with Gasteiger partial charge in [-0.1, -0.05) is 84.9 Å². The standard InChI is InChI=1S/C35H21F9O/c36-33(37,38)24-15-9-21(10-16-24)31(22-11-17-25(18-12-22)34(39,40)41)29-7-3-1-5-27(29)28-6-2-4-8-30(28)32(31,45)23-13-19-26(20-14-23)35(42,43)44/h1-20,45H. The minimum atomic E-state index is -4.72. The molecule has 10 heteroatoms. The van der Waals surface area contributed by atoms with Crippen LogP contribution in [0.15, 0.2) is 121 Å². The molecular formula is C35H21F9O. The predicted molar refractivity (Wildman–Crippen MR) is 149 cm³/mol. The number of halogens is 9. The Morgan fingerprint density at radius 2 is 0.689 bits per heavy atom. The first-order valence-corrected chi connectivity index (χ1v) is 13.5. The van der Waals surface area contributed by atoms with E-state index in [1.165, 1.54) is 0 Å². The molecule has 5 aromatic rings. The van der Waals surface area contributed by atoms with Crippen LogP contribution in [0.4, 0.5) is 39.5 Å². The summed E-state index contributed by atoms with van der Waals surface area (Å²) in [6, 6.07) is 24.6. The maximum Gasteiger partial charge on any atom is 0.416 e. The van der Waals surface area contributed by atoms with Crippen LogP contribution in [-0.2, 0) is 29.5 Å². The molecule has 0 saturated heterocycles. The monoisotopic (exact) mass is 628 g/mol. The van der Waals surface area contributed by atoms with Crippen molar-refractivity contribution in [2.75, 3.05) is 0 Å². The Balaban J connectivity index is 1.78. The predicted octanol–water partition coefficient (Wildman–Crippen LogP) is 9.99. The van der Waals surface area contributed by atoms with Crippen molar-refractivity contribution in [1.29, 1.82) is 0 Å². The second kappa shape index (κ2) is 10.2. The molecule has 0 fully saturated rings. The lowest BCUT2D eigenvalue weighted by Crippen LogP contribution is -2.54. The van der Waals surface area contributed by atoms with E-state index in [9.17, 15) is 44.6 Å². The summed E-state index contributed by atoms with van der Waals surface area (Å²) in [6.07, 6.45) is -14.2. The Morgan fingerprint density at radius 1 is 0.378 bits per heavy atom. The average Bonchev–Trinajstić information content (AvgIpc) is 3.01. The molecule has 0 aromatic heterocycles. The van der Waals surface area contributed by atoms with Crippen molar-refractivity contribution < 1.29 is 44.6 Å². The summed E-state index contributed by atoms with van der Waals surface area (Å²) < 4.78 is 123. The molecular weight excluding hydrogens is 607 g/mol. The summed E-state index contributed by atoms with van der Waals surface area (Å²) in [5.74, 6) is 0. The molecule has 1 unspecified atom stereocenters. The van der Waals surface area contributed by atoms with E-state index in [1.807, 2.05) is 0 Å². The second-order valence-corrected chi connectivity index (χ2v) is 10.8. The lowest BCUT2D eigenvalue weighted by Gasteiger charge is -2.53. The lowest BCUT2D eigenvalue weighted by molar-refractivity contribution is -0.138. The number of benzene rings is 5. The van der Waals surface area contributed by atoms with E-state index in [4.69, 9.17) is 0 Å². The zero-order chi connectivity index (χ0) is 32.4. The summed E-state index contributed by atoms with van der Waals surface area (Å²) in [4.78, 5) is 0. The number of aliphatic hydroxyl groups is 1. The molecule has 5 aromatic carbocycles. The Bertz CT molecular complexity index is 1790. The van der Waals surface area contributed by atoms with Gasteiger partial charge in [0.2, 0.25) is 0 Å². The molecule has 1 atom stereocenters. The van der Waals surface area contributed by atoms with Crippen LogP contribution in [0, 0.1) is 0 Å². The van der Waals surface area contributed by atoms with Crippen LogP contribution in [-0.4, -0.2) is 5.11 Å². The summed E-state index contributed by atoms with van der Waals surface area (Å²) >= 11 is 0. The zero-order valence-corrected chi connectivity index (χ0v) is 22.9. The van der Waals surface area contributed by atoms with Crippen molar-refractivity contribution in [2.24, 2.45) is 0 Å². The quantitative estimate of drug-likeness (QED) is 0.197. The van der Waals surface area contributed by atoms with Crippen molar-refractivity contribution >= 4 is 0 Å². The Hall–Kier alpha value is -4.57. The van der Waals surface area contributed by atoms with Gasteiger partial charge in [0.25, 0.3) is 0 Å². The summed E-state index contributed by atoms with van der Waals surface area (Å²) in [5.41, 5.74) is -5.69. The van der Waals surface area contributed by atoms with Crippen molar-refractivity contribution in [2.45, 2.75) is 29.5 Å². The van der Waals surface area contributed by atoms with Crippen molar-refractivity contribution in [1.82, 2.24) is 0 Å². The first kappa shape index (κ1) is 30.5. The van der Waals surface area contributed by atoms with Gasteiger partial charge < -0.3 is 5.11 Å². The van der Waals surface area contributed by atoms with Crippen molar-refractivity contribution in [3.05, 3.63) is 166 Å². The van der Waals surface area contributed by atoms with Gasteiger partial charge in [-0.2, -0.15) is 39.5 Å². The number of hydrogen-bond acceptors (Lipinski definition) is 1. The Labute approximate surface area is 251 Å². The van der Waals surface area contributed by atoms with Gasteiger partial charge in [0.1, 0.15) is 5.60 Å². The van der Waals surface area contributed by atoms with E-state index in [0.29, 0.717) is 16.7 Å². The van der Waals surface area contributed by atoms with Crippen LogP contribution in [0.1, 0.15) is 44.5 Å². The fraction of sp³-hybridized carbons (Fsp3) is 0.143. The van der Waals surface area contributed by atoms with Gasteiger partial charge in [-0.15, -0.1) is 0 Å². The minimum Gasteiger partial charge on any atom is -0.379 e. The first-order valence-electron chi connectivity index (χ1n) is 13.5. The van der Waals surface area contributed by atoms with Crippen LogP contribution in [0.25, 0.3) is 11.1 Å². The Kier molecular flexibility index (Phi) is 6.93. The molecule has 0 aliphatic heterocycles. The summed E-state index contributed by atoms with van der Waals surface area (Å²) in [7, 11) is 0. The number of alkyl halides is 9. The van der Waals surface area contributed by atoms with Gasteiger partial charge in [-0.3, -0.25) is 0 Å².